The summed E-state index contributed by atoms with van der Waals surface area (Å²) in [6.45, 7) is 4.46. The first kappa shape index (κ1) is 58.7. The van der Waals surface area contributed by atoms with Crippen LogP contribution in [0.4, 0.5) is 0 Å². The lowest BCUT2D eigenvalue weighted by atomic mass is 10.0. The van der Waals surface area contributed by atoms with Gasteiger partial charge < -0.3 is 28.8 Å². The Kier molecular flexibility index (Phi) is 41.3. The minimum Gasteiger partial charge on any atom is -0.756 e. The molecule has 2 N–H and O–H groups in total. The number of hydrogen-bond acceptors (Lipinski definition) is 6. The number of quaternary nitrogens is 1. The van der Waals surface area contributed by atoms with Gasteiger partial charge in [-0.25, -0.2) is 0 Å². The number of nitrogens with one attached hydrogen (secondary N) is 1. The number of amides is 1. The van der Waals surface area contributed by atoms with Gasteiger partial charge >= 0.3 is 0 Å². The fraction of sp³-hybridized carbons (Fsp3) is 0.712. The molecule has 0 radical (unpaired) electrons. The molecule has 0 aliphatic carbocycles. The Morgan fingerprint density at radius 2 is 1.02 bits per heavy atom. The van der Waals surface area contributed by atoms with Crippen molar-refractivity contribution in [3.8, 4) is 0 Å². The highest BCUT2D eigenvalue weighted by Gasteiger charge is 2.23. The molecule has 0 spiro atoms. The van der Waals surface area contributed by atoms with Gasteiger partial charge in [0.25, 0.3) is 7.82 Å². The maximum Gasteiger partial charge on any atom is 0.268 e. The van der Waals surface area contributed by atoms with Gasteiger partial charge in [0, 0.05) is 6.42 Å². The maximum atomic E-state index is 12.8. The van der Waals surface area contributed by atoms with Gasteiger partial charge in [-0.1, -0.05) is 182 Å². The Morgan fingerprint density at radius 1 is 0.590 bits per heavy atom. The van der Waals surface area contributed by atoms with Crippen LogP contribution in [0, 0.1) is 0 Å². The molecule has 3 unspecified atom stereocenters. The third kappa shape index (κ3) is 45.5. The van der Waals surface area contributed by atoms with Crippen LogP contribution >= 0.6 is 7.82 Å². The summed E-state index contributed by atoms with van der Waals surface area (Å²) in [5.74, 6) is -0.255. The van der Waals surface area contributed by atoms with Crippen LogP contribution in [0.15, 0.2) is 85.1 Å². The molecule has 0 saturated carbocycles. The largest absolute Gasteiger partial charge is 0.756 e. The van der Waals surface area contributed by atoms with E-state index in [1.165, 1.54) is 96.3 Å². The summed E-state index contributed by atoms with van der Waals surface area (Å²) in [6.07, 6.45) is 59.4. The van der Waals surface area contributed by atoms with E-state index in [0.717, 1.165) is 64.2 Å². The quantitative estimate of drug-likeness (QED) is 0.0273. The van der Waals surface area contributed by atoms with Gasteiger partial charge in [0.2, 0.25) is 5.91 Å². The average Bonchev–Trinajstić information content (AvgIpc) is 3.21. The zero-order valence-corrected chi connectivity index (χ0v) is 40.7. The molecule has 8 nitrogen and oxygen atoms in total. The number of aliphatic hydroxyl groups excluding tert-OH is 1. The lowest BCUT2D eigenvalue weighted by Crippen LogP contribution is -2.45. The predicted octanol–water partition coefficient (Wildman–Crippen LogP) is 13.5. The molecule has 0 aromatic heterocycles. The molecule has 0 rings (SSSR count). The van der Waals surface area contributed by atoms with Crippen molar-refractivity contribution >= 4 is 13.7 Å². The van der Waals surface area contributed by atoms with Crippen molar-refractivity contribution in [1.82, 2.24) is 5.32 Å². The first-order valence-electron chi connectivity index (χ1n) is 24.4. The number of aliphatic hydroxyl groups is 1. The van der Waals surface area contributed by atoms with E-state index in [1.807, 2.05) is 27.2 Å². The summed E-state index contributed by atoms with van der Waals surface area (Å²) >= 11 is 0. The highest BCUT2D eigenvalue weighted by atomic mass is 31.2. The molecule has 0 aliphatic rings. The third-order valence-electron chi connectivity index (χ3n) is 10.3. The number of carbonyl (C=O) groups excluding carboxylic acids is 1. The number of unbranched alkanes of at least 4 members (excludes halogenated alkanes) is 18. The molecule has 9 heteroatoms. The molecule has 0 saturated heterocycles. The second-order valence-electron chi connectivity index (χ2n) is 17.4. The maximum absolute atomic E-state index is 12.8. The van der Waals surface area contributed by atoms with E-state index in [9.17, 15) is 19.4 Å². The van der Waals surface area contributed by atoms with Crippen LogP contribution in [0.3, 0.4) is 0 Å². The van der Waals surface area contributed by atoms with Crippen LogP contribution in [0.1, 0.15) is 187 Å². The van der Waals surface area contributed by atoms with Crippen molar-refractivity contribution in [2.75, 3.05) is 40.9 Å². The van der Waals surface area contributed by atoms with Crippen molar-refractivity contribution in [2.45, 2.75) is 199 Å². The van der Waals surface area contributed by atoms with Crippen molar-refractivity contribution in [3.05, 3.63) is 85.1 Å². The Morgan fingerprint density at radius 3 is 1.52 bits per heavy atom. The van der Waals surface area contributed by atoms with Crippen molar-refractivity contribution < 1.29 is 32.9 Å². The molecule has 61 heavy (non-hydrogen) atoms. The molecule has 1 amide bonds. The number of rotatable bonds is 43. The molecule has 0 aromatic carbocycles. The Bertz CT molecular complexity index is 1260. The van der Waals surface area contributed by atoms with Gasteiger partial charge in [-0.2, -0.15) is 0 Å². The fourth-order valence-corrected chi connectivity index (χ4v) is 7.19. The highest BCUT2D eigenvalue weighted by molar-refractivity contribution is 7.45. The van der Waals surface area contributed by atoms with Crippen molar-refractivity contribution in [3.63, 3.8) is 0 Å². The Hall–Kier alpha value is -2.32. The lowest BCUT2D eigenvalue weighted by molar-refractivity contribution is -0.870. The topological polar surface area (TPSA) is 108 Å². The Labute approximate surface area is 376 Å². The number of phosphoric ester groups is 1. The molecular weight excluding hydrogens is 780 g/mol. The van der Waals surface area contributed by atoms with Gasteiger partial charge in [-0.3, -0.25) is 9.36 Å². The molecule has 0 fully saturated rings. The third-order valence-corrected chi connectivity index (χ3v) is 11.3. The second-order valence-corrected chi connectivity index (χ2v) is 18.8. The fourth-order valence-electron chi connectivity index (χ4n) is 6.47. The second kappa shape index (κ2) is 43.0. The van der Waals surface area contributed by atoms with Gasteiger partial charge in [-0.15, -0.1) is 0 Å². The number of likely N-dealkylation sites (N-methyl/N-ethyl adjacent to an activating group) is 1. The van der Waals surface area contributed by atoms with Crippen LogP contribution in [0.2, 0.25) is 0 Å². The monoisotopic (exact) mass is 873 g/mol. The minimum atomic E-state index is -4.62. The smallest absolute Gasteiger partial charge is 0.268 e. The highest BCUT2D eigenvalue weighted by Crippen LogP contribution is 2.38. The molecule has 0 aliphatic heterocycles. The van der Waals surface area contributed by atoms with E-state index in [0.29, 0.717) is 17.4 Å². The first-order valence-corrected chi connectivity index (χ1v) is 25.9. The number of allylic oxidation sites excluding steroid dienone is 13. The molecule has 0 bridgehead atoms. The molecule has 3 atom stereocenters. The van der Waals surface area contributed by atoms with Crippen molar-refractivity contribution in [2.24, 2.45) is 0 Å². The summed E-state index contributed by atoms with van der Waals surface area (Å²) in [6, 6.07) is -0.936. The SMILES string of the molecule is CC/C=C\C/C=C\C/C=C\C/C=C\CCCCC(=O)NC(COP(=O)([O-])OCC[N+](C)(C)C)C(O)/C=C/CC/C=C/CC/C=C/CCCCCCCCCCCCCCCC. The number of carbonyl (C=O) groups is 1. The summed E-state index contributed by atoms with van der Waals surface area (Å²) in [5, 5.41) is 13.8. The van der Waals surface area contributed by atoms with E-state index < -0.39 is 26.6 Å². The summed E-state index contributed by atoms with van der Waals surface area (Å²) < 4.78 is 23.2. The van der Waals surface area contributed by atoms with Crippen LogP contribution in [0.25, 0.3) is 0 Å². The van der Waals surface area contributed by atoms with E-state index in [2.05, 4.69) is 92.1 Å². The van der Waals surface area contributed by atoms with Crippen LogP contribution < -0.4 is 10.2 Å². The van der Waals surface area contributed by atoms with Gasteiger partial charge in [0.15, 0.2) is 0 Å². The molecule has 0 aromatic rings. The van der Waals surface area contributed by atoms with Crippen molar-refractivity contribution in [1.29, 1.82) is 0 Å². The zero-order valence-electron chi connectivity index (χ0n) is 39.8. The number of nitrogens with zero attached hydrogens (tertiary/aromatic N) is 1. The normalized spacial score (nSPS) is 14.9. The summed E-state index contributed by atoms with van der Waals surface area (Å²) in [7, 11) is 1.19. The Balaban J connectivity index is 4.46. The van der Waals surface area contributed by atoms with Gasteiger partial charge in [-0.05, 0) is 83.5 Å². The predicted molar refractivity (Wildman–Crippen MR) is 260 cm³/mol. The lowest BCUT2D eigenvalue weighted by Gasteiger charge is -2.29. The van der Waals surface area contributed by atoms with E-state index in [1.54, 1.807) is 6.08 Å². The van der Waals surface area contributed by atoms with Crippen LogP contribution in [-0.2, 0) is 18.4 Å². The average molecular weight is 873 g/mol. The molecule has 0 heterocycles. The number of hydrogen-bond donors (Lipinski definition) is 2. The summed E-state index contributed by atoms with van der Waals surface area (Å²) in [5.41, 5.74) is 0. The van der Waals surface area contributed by atoms with E-state index in [4.69, 9.17) is 9.05 Å². The first-order chi connectivity index (χ1) is 29.5. The summed E-state index contributed by atoms with van der Waals surface area (Å²) in [4.78, 5) is 25.3. The zero-order chi connectivity index (χ0) is 45.0. The standard InChI is InChI=1S/C52H93N2O6P/c1-6-8-10-12-14-16-18-20-22-23-24-25-26-27-28-29-30-32-33-35-37-39-41-43-45-51(55)50(49-60-61(57,58)59-48-47-54(3,4)5)53-52(56)46-44-42-40-38-36-34-31-21-19-17-15-13-11-9-7-2/h9,11,15,17,21,29-31,35-38,43,45,50-51,55H,6-8,10,12-14,16,18-20,22-28,32-34,39-42,44,46-49H2,1-5H3,(H-,53,56,57,58)/b11-9-,17-15-,30-29+,31-21-,37-35+,38-36-,45-43+. The van der Waals surface area contributed by atoms with Crippen LogP contribution in [-0.4, -0.2) is 68.5 Å². The van der Waals surface area contributed by atoms with E-state index in [-0.39, 0.29) is 18.9 Å². The van der Waals surface area contributed by atoms with Gasteiger partial charge in [0.1, 0.15) is 13.2 Å². The number of phosphoric acid groups is 1. The minimum absolute atomic E-state index is 0.0214. The van der Waals surface area contributed by atoms with Gasteiger partial charge in [0.05, 0.1) is 39.9 Å². The van der Waals surface area contributed by atoms with E-state index >= 15 is 0 Å². The molecule has 352 valence electrons. The van der Waals surface area contributed by atoms with Crippen LogP contribution in [0.5, 0.6) is 0 Å². The molecular formula is C52H93N2O6P.